The maximum atomic E-state index is 5.77. The minimum atomic E-state index is 0.734. The van der Waals surface area contributed by atoms with Crippen LogP contribution in [0.15, 0.2) is 24.3 Å². The fourth-order valence-corrected chi connectivity index (χ4v) is 1.49. The molecule has 0 fully saturated rings. The van der Waals surface area contributed by atoms with E-state index in [1.165, 1.54) is 5.56 Å². The second-order valence-corrected chi connectivity index (χ2v) is 3.83. The first-order valence-corrected chi connectivity index (χ1v) is 4.20. The number of aryl methyl sites for hydroxylation is 1. The molecular weight excluding hydrogens is 211 g/mol. The Morgan fingerprint density at radius 2 is 2.00 bits per heavy atom. The van der Waals surface area contributed by atoms with E-state index in [9.17, 15) is 0 Å². The molecule has 0 saturated heterocycles. The van der Waals surface area contributed by atoms with Crippen LogP contribution in [0.4, 0.5) is 0 Å². The van der Waals surface area contributed by atoms with Crippen molar-refractivity contribution < 1.29 is 0 Å². The number of hydrogen-bond acceptors (Lipinski definition) is 0. The SMILES string of the molecule is Cc1ccccc1C(Cl)=[Se]. The molecule has 1 aromatic rings. The fourth-order valence-electron chi connectivity index (χ4n) is 0.793. The van der Waals surface area contributed by atoms with Crippen LogP contribution in [0, 0.1) is 6.92 Å². The molecule has 0 nitrogen and oxygen atoms in total. The molecule has 0 bridgehead atoms. The monoisotopic (exact) mass is 218 g/mol. The molecule has 1 aromatic carbocycles. The second kappa shape index (κ2) is 3.34. The van der Waals surface area contributed by atoms with Gasteiger partial charge in [-0.3, -0.25) is 0 Å². The van der Waals surface area contributed by atoms with Crippen LogP contribution >= 0.6 is 11.6 Å². The third-order valence-corrected chi connectivity index (χ3v) is 2.02. The molecule has 0 saturated carbocycles. The van der Waals surface area contributed by atoms with Gasteiger partial charge in [0.2, 0.25) is 0 Å². The van der Waals surface area contributed by atoms with Gasteiger partial charge in [-0.15, -0.1) is 0 Å². The molecule has 0 aromatic heterocycles. The van der Waals surface area contributed by atoms with Gasteiger partial charge in [0.1, 0.15) is 0 Å². The van der Waals surface area contributed by atoms with Gasteiger partial charge in [0.25, 0.3) is 0 Å². The molecule has 2 heteroatoms. The van der Waals surface area contributed by atoms with Crippen molar-refractivity contribution in [3.63, 3.8) is 0 Å². The quantitative estimate of drug-likeness (QED) is 0.630. The normalized spacial score (nSPS) is 9.40. The zero-order valence-corrected chi connectivity index (χ0v) is 8.06. The summed E-state index contributed by atoms with van der Waals surface area (Å²) in [5.74, 6) is 0. The van der Waals surface area contributed by atoms with Crippen molar-refractivity contribution in [2.75, 3.05) is 0 Å². The molecule has 0 N–H and O–H groups in total. The Bertz CT molecular complexity index is 255. The van der Waals surface area contributed by atoms with Crippen LogP contribution in [0.5, 0.6) is 0 Å². The summed E-state index contributed by atoms with van der Waals surface area (Å²) in [5.41, 5.74) is 2.29. The molecule has 0 aliphatic heterocycles. The summed E-state index contributed by atoms with van der Waals surface area (Å²) in [6.07, 6.45) is 0. The van der Waals surface area contributed by atoms with Gasteiger partial charge in [0.05, 0.1) is 0 Å². The second-order valence-electron chi connectivity index (χ2n) is 2.09. The Kier molecular flexibility index (Phi) is 2.67. The van der Waals surface area contributed by atoms with Gasteiger partial charge >= 0.3 is 73.4 Å². The Morgan fingerprint density at radius 3 is 2.40 bits per heavy atom. The van der Waals surface area contributed by atoms with Gasteiger partial charge in [-0.1, -0.05) is 0 Å². The molecule has 0 aliphatic carbocycles. The zero-order valence-electron chi connectivity index (χ0n) is 5.60. The molecule has 1 rings (SSSR count). The maximum absolute atomic E-state index is 5.77. The molecule has 0 radical (unpaired) electrons. The summed E-state index contributed by atoms with van der Waals surface area (Å²) in [6, 6.07) is 8.00. The summed E-state index contributed by atoms with van der Waals surface area (Å²) >= 11 is 8.55. The van der Waals surface area contributed by atoms with Gasteiger partial charge in [0, 0.05) is 0 Å². The number of halogens is 1. The van der Waals surface area contributed by atoms with Crippen LogP contribution in [-0.2, 0) is 0 Å². The molecule has 0 spiro atoms. The van der Waals surface area contributed by atoms with E-state index in [0.717, 1.165) is 9.44 Å². The van der Waals surface area contributed by atoms with Gasteiger partial charge in [-0.25, -0.2) is 0 Å². The molecular formula is C8H7ClSe. The summed E-state index contributed by atoms with van der Waals surface area (Å²) < 4.78 is 0.734. The first kappa shape index (κ1) is 8.00. The van der Waals surface area contributed by atoms with Crippen LogP contribution < -0.4 is 0 Å². The molecule has 0 unspecified atom stereocenters. The van der Waals surface area contributed by atoms with Crippen molar-refractivity contribution in [2.24, 2.45) is 0 Å². The first-order chi connectivity index (χ1) is 4.72. The van der Waals surface area contributed by atoms with E-state index in [-0.39, 0.29) is 0 Å². The number of rotatable bonds is 1. The molecule has 10 heavy (non-hydrogen) atoms. The van der Waals surface area contributed by atoms with Crippen LogP contribution in [0.3, 0.4) is 0 Å². The Balaban J connectivity index is 3.15. The van der Waals surface area contributed by atoms with Crippen molar-refractivity contribution in [1.29, 1.82) is 0 Å². The van der Waals surface area contributed by atoms with E-state index >= 15 is 0 Å². The van der Waals surface area contributed by atoms with E-state index in [0.29, 0.717) is 0 Å². The van der Waals surface area contributed by atoms with Crippen LogP contribution in [0.1, 0.15) is 11.1 Å². The summed E-state index contributed by atoms with van der Waals surface area (Å²) in [4.78, 5) is 0. The molecule has 0 aliphatic rings. The average Bonchev–Trinajstić information content (AvgIpc) is 1.88. The van der Waals surface area contributed by atoms with Crippen molar-refractivity contribution in [3.05, 3.63) is 35.4 Å². The van der Waals surface area contributed by atoms with Crippen LogP contribution in [0.25, 0.3) is 0 Å². The van der Waals surface area contributed by atoms with Gasteiger partial charge in [-0.05, 0) is 0 Å². The van der Waals surface area contributed by atoms with Crippen molar-refractivity contribution in [1.82, 2.24) is 0 Å². The summed E-state index contributed by atoms with van der Waals surface area (Å²) in [7, 11) is 0. The predicted octanol–water partition coefficient (Wildman–Crippen LogP) is 1.88. The zero-order chi connectivity index (χ0) is 7.56. The summed E-state index contributed by atoms with van der Waals surface area (Å²) in [5, 5.41) is 0. The predicted molar refractivity (Wildman–Crippen MR) is 46.9 cm³/mol. The molecule has 0 amide bonds. The number of benzene rings is 1. The minimum absolute atomic E-state index is 0.734. The molecule has 0 atom stereocenters. The fraction of sp³-hybridized carbons (Fsp3) is 0.125. The van der Waals surface area contributed by atoms with Gasteiger partial charge in [0.15, 0.2) is 0 Å². The van der Waals surface area contributed by atoms with E-state index in [1.807, 2.05) is 31.2 Å². The van der Waals surface area contributed by atoms with E-state index in [1.54, 1.807) is 0 Å². The van der Waals surface area contributed by atoms with E-state index in [4.69, 9.17) is 11.6 Å². The third-order valence-electron chi connectivity index (χ3n) is 1.36. The van der Waals surface area contributed by atoms with E-state index in [2.05, 4.69) is 15.6 Å². The summed E-state index contributed by atoms with van der Waals surface area (Å²) in [6.45, 7) is 2.04. The van der Waals surface area contributed by atoms with Gasteiger partial charge in [-0.2, -0.15) is 0 Å². The van der Waals surface area contributed by atoms with Gasteiger partial charge < -0.3 is 0 Å². The van der Waals surface area contributed by atoms with Crippen LogP contribution in [-0.4, -0.2) is 19.5 Å². The first-order valence-electron chi connectivity index (χ1n) is 2.97. The molecule has 52 valence electrons. The Morgan fingerprint density at radius 1 is 1.40 bits per heavy atom. The Labute approximate surface area is 73.6 Å². The van der Waals surface area contributed by atoms with Crippen molar-refractivity contribution in [2.45, 2.75) is 6.92 Å². The van der Waals surface area contributed by atoms with Crippen molar-refractivity contribution in [3.8, 4) is 0 Å². The Hall–Kier alpha value is -0.101. The average molecular weight is 218 g/mol. The standard InChI is InChI=1S/C8H7ClSe/c1-6-4-2-3-5-7(6)8(9)10/h2-5H,1H3. The van der Waals surface area contributed by atoms with E-state index < -0.39 is 0 Å². The number of hydrogen-bond donors (Lipinski definition) is 0. The van der Waals surface area contributed by atoms with Crippen molar-refractivity contribution >= 4 is 31.1 Å². The van der Waals surface area contributed by atoms with Crippen LogP contribution in [0.2, 0.25) is 0 Å². The topological polar surface area (TPSA) is 0 Å². The molecule has 0 heterocycles. The third kappa shape index (κ3) is 1.69.